The number of aromatic nitrogens is 2. The van der Waals surface area contributed by atoms with Gasteiger partial charge in [0.05, 0.1) is 6.61 Å². The third-order valence-electron chi connectivity index (χ3n) is 5.84. The number of unbranched alkanes of at least 4 members (excludes halogenated alkanes) is 12. The topological polar surface area (TPSA) is 35.0 Å². The molecule has 0 amide bonds. The lowest BCUT2D eigenvalue weighted by atomic mass is 10.1. The molecule has 0 aliphatic carbocycles. The van der Waals surface area contributed by atoms with Crippen molar-refractivity contribution in [1.82, 2.24) is 9.97 Å². The van der Waals surface area contributed by atoms with Crippen LogP contribution in [0.25, 0.3) is 17.5 Å². The Bertz CT molecular complexity index is 722. The van der Waals surface area contributed by atoms with Crippen LogP contribution in [0.1, 0.15) is 109 Å². The Morgan fingerprint density at radius 1 is 0.688 bits per heavy atom. The molecule has 0 bridgehead atoms. The van der Waals surface area contributed by atoms with Gasteiger partial charge in [-0.25, -0.2) is 9.97 Å². The molecule has 0 saturated carbocycles. The van der Waals surface area contributed by atoms with Crippen molar-refractivity contribution in [2.24, 2.45) is 0 Å². The highest BCUT2D eigenvalue weighted by Crippen LogP contribution is 2.20. The van der Waals surface area contributed by atoms with Crippen LogP contribution in [0.4, 0.5) is 0 Å². The molecule has 3 heteroatoms. The fraction of sp³-hybridized carbons (Fsp3) is 0.586. The largest absolute Gasteiger partial charge is 0.494 e. The van der Waals surface area contributed by atoms with E-state index in [2.05, 4.69) is 36.0 Å². The highest BCUT2D eigenvalue weighted by molar-refractivity contribution is 5.57. The van der Waals surface area contributed by atoms with Crippen LogP contribution in [0.15, 0.2) is 42.7 Å². The third kappa shape index (κ3) is 11.5. The third-order valence-corrected chi connectivity index (χ3v) is 5.84. The fourth-order valence-corrected chi connectivity index (χ4v) is 3.78. The highest BCUT2D eigenvalue weighted by Gasteiger charge is 2.02. The van der Waals surface area contributed by atoms with E-state index in [1.807, 2.05) is 36.7 Å². The number of nitrogens with zero attached hydrogens (tertiary/aromatic N) is 2. The number of benzene rings is 1. The van der Waals surface area contributed by atoms with Crippen LogP contribution in [0.2, 0.25) is 0 Å². The van der Waals surface area contributed by atoms with Crippen molar-refractivity contribution in [2.75, 3.05) is 6.61 Å². The molecule has 3 nitrogen and oxygen atoms in total. The molecule has 0 saturated heterocycles. The van der Waals surface area contributed by atoms with Crippen LogP contribution in [0, 0.1) is 0 Å². The maximum atomic E-state index is 5.90. The fourth-order valence-electron chi connectivity index (χ4n) is 3.78. The molecule has 0 unspecified atom stereocenters. The molecule has 32 heavy (non-hydrogen) atoms. The Morgan fingerprint density at radius 3 is 1.88 bits per heavy atom. The quantitative estimate of drug-likeness (QED) is 0.219. The molecule has 0 fully saturated rings. The summed E-state index contributed by atoms with van der Waals surface area (Å²) in [7, 11) is 0. The lowest BCUT2D eigenvalue weighted by molar-refractivity contribution is 0.304. The van der Waals surface area contributed by atoms with Gasteiger partial charge in [0, 0.05) is 23.5 Å². The minimum atomic E-state index is 0.760. The lowest BCUT2D eigenvalue weighted by Crippen LogP contribution is -1.97. The first-order chi connectivity index (χ1) is 15.8. The summed E-state index contributed by atoms with van der Waals surface area (Å²) < 4.78 is 5.90. The summed E-state index contributed by atoms with van der Waals surface area (Å²) in [6.07, 6.45) is 26.5. The Kier molecular flexibility index (Phi) is 14.2. The van der Waals surface area contributed by atoms with Gasteiger partial charge in [-0.2, -0.15) is 0 Å². The average Bonchev–Trinajstić information content (AvgIpc) is 2.83. The first kappa shape index (κ1) is 26.1. The van der Waals surface area contributed by atoms with E-state index in [1.165, 1.54) is 77.0 Å². The SMILES string of the molecule is CCCCCCCC=Cc1cnc(-c2ccc(OCCCCCCCCCC)cc2)nc1. The highest BCUT2D eigenvalue weighted by atomic mass is 16.5. The average molecular weight is 437 g/mol. The second-order valence-electron chi connectivity index (χ2n) is 8.79. The van der Waals surface area contributed by atoms with Crippen molar-refractivity contribution in [3.8, 4) is 17.1 Å². The van der Waals surface area contributed by atoms with Crippen molar-refractivity contribution >= 4 is 6.08 Å². The molecule has 0 atom stereocenters. The summed E-state index contributed by atoms with van der Waals surface area (Å²) in [5.41, 5.74) is 2.09. The smallest absolute Gasteiger partial charge is 0.159 e. The molecule has 1 aromatic carbocycles. The van der Waals surface area contributed by atoms with Crippen LogP contribution in [-0.2, 0) is 0 Å². The summed E-state index contributed by atoms with van der Waals surface area (Å²) in [6, 6.07) is 8.14. The molecule has 176 valence electrons. The van der Waals surface area contributed by atoms with E-state index < -0.39 is 0 Å². The van der Waals surface area contributed by atoms with Crippen LogP contribution in [0.3, 0.4) is 0 Å². The van der Waals surface area contributed by atoms with E-state index in [9.17, 15) is 0 Å². The maximum absolute atomic E-state index is 5.90. The summed E-state index contributed by atoms with van der Waals surface area (Å²) in [6.45, 7) is 5.32. The summed E-state index contributed by atoms with van der Waals surface area (Å²) in [5.74, 6) is 1.69. The molecule has 1 heterocycles. The van der Waals surface area contributed by atoms with Crippen molar-refractivity contribution < 1.29 is 4.74 Å². The molecule has 0 spiro atoms. The predicted molar refractivity (Wildman–Crippen MR) is 138 cm³/mol. The van der Waals surface area contributed by atoms with E-state index in [-0.39, 0.29) is 0 Å². The minimum absolute atomic E-state index is 0.760. The molecule has 0 radical (unpaired) electrons. The molecular weight excluding hydrogens is 392 g/mol. The predicted octanol–water partition coefficient (Wildman–Crippen LogP) is 9.04. The van der Waals surface area contributed by atoms with E-state index in [0.29, 0.717) is 0 Å². The van der Waals surface area contributed by atoms with Gasteiger partial charge in [-0.1, -0.05) is 96.6 Å². The summed E-state index contributed by atoms with van der Waals surface area (Å²) in [5, 5.41) is 0. The summed E-state index contributed by atoms with van der Waals surface area (Å²) >= 11 is 0. The second-order valence-corrected chi connectivity index (χ2v) is 8.79. The van der Waals surface area contributed by atoms with Crippen molar-refractivity contribution in [3.63, 3.8) is 0 Å². The van der Waals surface area contributed by atoms with Crippen molar-refractivity contribution in [1.29, 1.82) is 0 Å². The zero-order valence-corrected chi connectivity index (χ0v) is 20.5. The minimum Gasteiger partial charge on any atom is -0.494 e. The van der Waals surface area contributed by atoms with E-state index in [1.54, 1.807) is 0 Å². The molecule has 0 aliphatic heterocycles. The Morgan fingerprint density at radius 2 is 1.25 bits per heavy atom. The van der Waals surface area contributed by atoms with Gasteiger partial charge in [0.15, 0.2) is 5.82 Å². The van der Waals surface area contributed by atoms with Gasteiger partial charge in [-0.05, 0) is 43.5 Å². The lowest BCUT2D eigenvalue weighted by Gasteiger charge is -2.07. The zero-order valence-electron chi connectivity index (χ0n) is 20.5. The number of hydrogen-bond donors (Lipinski definition) is 0. The molecule has 2 rings (SSSR count). The van der Waals surface area contributed by atoms with Gasteiger partial charge < -0.3 is 4.74 Å². The van der Waals surface area contributed by atoms with Gasteiger partial charge in [-0.15, -0.1) is 0 Å². The first-order valence-electron chi connectivity index (χ1n) is 13.0. The standard InChI is InChI=1S/C29H44N2O/c1-3-5-7-9-11-13-15-17-23-32-28-21-19-27(20-22-28)29-30-24-26(25-31-29)18-16-14-12-10-8-6-4-2/h16,18-22,24-25H,3-15,17,23H2,1-2H3. The molecule has 1 aromatic heterocycles. The summed E-state index contributed by atoms with van der Waals surface area (Å²) in [4.78, 5) is 9.07. The Balaban J connectivity index is 1.64. The molecule has 2 aromatic rings. The van der Waals surface area contributed by atoms with Crippen LogP contribution < -0.4 is 4.74 Å². The van der Waals surface area contributed by atoms with E-state index in [0.717, 1.165) is 42.1 Å². The van der Waals surface area contributed by atoms with Gasteiger partial charge in [0.2, 0.25) is 0 Å². The van der Waals surface area contributed by atoms with Gasteiger partial charge in [-0.3, -0.25) is 0 Å². The number of hydrogen-bond acceptors (Lipinski definition) is 3. The van der Waals surface area contributed by atoms with E-state index in [4.69, 9.17) is 4.74 Å². The van der Waals surface area contributed by atoms with Gasteiger partial charge >= 0.3 is 0 Å². The van der Waals surface area contributed by atoms with Crippen molar-refractivity contribution in [3.05, 3.63) is 48.3 Å². The number of rotatable bonds is 18. The van der Waals surface area contributed by atoms with Gasteiger partial charge in [0.1, 0.15) is 5.75 Å². The van der Waals surface area contributed by atoms with Crippen molar-refractivity contribution in [2.45, 2.75) is 104 Å². The maximum Gasteiger partial charge on any atom is 0.159 e. The number of allylic oxidation sites excluding steroid dienone is 1. The monoisotopic (exact) mass is 436 g/mol. The molecule has 0 aliphatic rings. The number of ether oxygens (including phenoxy) is 1. The molecule has 0 N–H and O–H groups in total. The Labute approximate surface area is 196 Å². The molecular formula is C29H44N2O. The van der Waals surface area contributed by atoms with Crippen LogP contribution in [-0.4, -0.2) is 16.6 Å². The second kappa shape index (κ2) is 17.4. The first-order valence-corrected chi connectivity index (χ1v) is 13.0. The normalized spacial score (nSPS) is 11.3. The van der Waals surface area contributed by atoms with Crippen LogP contribution in [0.5, 0.6) is 5.75 Å². The zero-order chi connectivity index (χ0) is 22.7. The van der Waals surface area contributed by atoms with E-state index >= 15 is 0 Å². The van der Waals surface area contributed by atoms with Crippen LogP contribution >= 0.6 is 0 Å². The van der Waals surface area contributed by atoms with Gasteiger partial charge in [0.25, 0.3) is 0 Å². The Hall–Kier alpha value is -2.16.